The quantitative estimate of drug-likeness (QED) is 0.496. The fourth-order valence-electron chi connectivity index (χ4n) is 4.24. The first-order valence-corrected chi connectivity index (χ1v) is 11.0. The van der Waals surface area contributed by atoms with Crippen LogP contribution in [0.25, 0.3) is 33.4 Å². The normalized spacial score (nSPS) is 16.6. The summed E-state index contributed by atoms with van der Waals surface area (Å²) in [7, 11) is 1.75. The molecule has 2 N–H and O–H groups in total. The zero-order valence-corrected chi connectivity index (χ0v) is 18.8. The first-order valence-electron chi connectivity index (χ1n) is 11.0. The molecule has 4 aromatic rings. The van der Waals surface area contributed by atoms with Gasteiger partial charge in [0.2, 0.25) is 0 Å². The molecular formula is C24H26FN7O. The van der Waals surface area contributed by atoms with Gasteiger partial charge in [0.15, 0.2) is 11.6 Å². The highest BCUT2D eigenvalue weighted by atomic mass is 19.1. The third-order valence-corrected chi connectivity index (χ3v) is 6.10. The number of piperazine rings is 1. The molecule has 3 aromatic heterocycles. The number of aromatic nitrogens is 5. The Labute approximate surface area is 191 Å². The van der Waals surface area contributed by atoms with Crippen molar-refractivity contribution in [3.8, 4) is 28.3 Å². The van der Waals surface area contributed by atoms with Crippen LogP contribution in [0, 0.1) is 11.7 Å². The Balaban J connectivity index is 1.40. The summed E-state index contributed by atoms with van der Waals surface area (Å²) in [6.07, 6.45) is 3.35. The number of aryl methyl sites for hydroxylation is 1. The number of hydrogen-bond acceptors (Lipinski definition) is 7. The first-order chi connectivity index (χ1) is 15.9. The van der Waals surface area contributed by atoms with Gasteiger partial charge in [-0.05, 0) is 41.8 Å². The molecule has 1 unspecified atom stereocenters. The smallest absolute Gasteiger partial charge is 0.151 e. The van der Waals surface area contributed by atoms with Crippen LogP contribution in [0.2, 0.25) is 0 Å². The molecule has 1 aliphatic rings. The van der Waals surface area contributed by atoms with Crippen molar-refractivity contribution >= 4 is 16.7 Å². The Bertz CT molecular complexity index is 1300. The minimum Gasteiger partial charge on any atom is -0.506 e. The van der Waals surface area contributed by atoms with Crippen molar-refractivity contribution in [2.75, 3.05) is 24.5 Å². The van der Waals surface area contributed by atoms with Gasteiger partial charge in [-0.15, -0.1) is 10.2 Å². The molecule has 0 spiro atoms. The summed E-state index contributed by atoms with van der Waals surface area (Å²) in [5.41, 5.74) is 2.34. The minimum atomic E-state index is -0.416. The second-order valence-electron chi connectivity index (χ2n) is 8.82. The number of halogens is 1. The Morgan fingerprint density at radius 3 is 2.73 bits per heavy atom. The Morgan fingerprint density at radius 1 is 1.15 bits per heavy atom. The fourth-order valence-corrected chi connectivity index (χ4v) is 4.24. The maximum atomic E-state index is 14.5. The van der Waals surface area contributed by atoms with Gasteiger partial charge in [-0.1, -0.05) is 13.8 Å². The van der Waals surface area contributed by atoms with Gasteiger partial charge >= 0.3 is 0 Å². The van der Waals surface area contributed by atoms with Crippen molar-refractivity contribution in [1.82, 2.24) is 30.3 Å². The Morgan fingerprint density at radius 2 is 2.00 bits per heavy atom. The van der Waals surface area contributed by atoms with Crippen LogP contribution in [-0.2, 0) is 7.05 Å². The molecule has 0 radical (unpaired) electrons. The van der Waals surface area contributed by atoms with Gasteiger partial charge < -0.3 is 15.3 Å². The van der Waals surface area contributed by atoms with Crippen LogP contribution in [0.15, 0.2) is 42.7 Å². The van der Waals surface area contributed by atoms with E-state index in [4.69, 9.17) is 0 Å². The largest absolute Gasteiger partial charge is 0.506 e. The van der Waals surface area contributed by atoms with Crippen LogP contribution in [-0.4, -0.2) is 55.7 Å². The van der Waals surface area contributed by atoms with Crippen molar-refractivity contribution in [2.45, 2.75) is 19.9 Å². The molecule has 1 aliphatic heterocycles. The third-order valence-electron chi connectivity index (χ3n) is 6.10. The molecule has 0 saturated carbocycles. The van der Waals surface area contributed by atoms with Gasteiger partial charge in [0.25, 0.3) is 0 Å². The molecule has 0 aliphatic carbocycles. The van der Waals surface area contributed by atoms with Crippen molar-refractivity contribution < 1.29 is 9.50 Å². The van der Waals surface area contributed by atoms with Crippen molar-refractivity contribution in [2.24, 2.45) is 13.0 Å². The van der Waals surface area contributed by atoms with Crippen molar-refractivity contribution in [3.05, 3.63) is 48.5 Å². The van der Waals surface area contributed by atoms with E-state index < -0.39 is 5.82 Å². The molecule has 1 fully saturated rings. The molecule has 5 rings (SSSR count). The van der Waals surface area contributed by atoms with Gasteiger partial charge in [-0.3, -0.25) is 4.68 Å². The molecule has 33 heavy (non-hydrogen) atoms. The number of aromatic hydroxyl groups is 1. The molecular weight excluding hydrogens is 421 g/mol. The second-order valence-corrected chi connectivity index (χ2v) is 8.82. The summed E-state index contributed by atoms with van der Waals surface area (Å²) < 4.78 is 16.0. The lowest BCUT2D eigenvalue weighted by molar-refractivity contribution is 0.367. The highest BCUT2D eigenvalue weighted by Crippen LogP contribution is 2.32. The van der Waals surface area contributed by atoms with Crippen LogP contribution in [0.5, 0.6) is 5.75 Å². The summed E-state index contributed by atoms with van der Waals surface area (Å²) in [4.78, 5) is 6.62. The predicted octanol–water partition coefficient (Wildman–Crippen LogP) is 3.37. The molecule has 9 heteroatoms. The molecule has 170 valence electrons. The number of nitrogens with zero attached hydrogens (tertiary/aromatic N) is 6. The molecule has 1 aromatic carbocycles. The molecule has 0 bridgehead atoms. The van der Waals surface area contributed by atoms with E-state index in [2.05, 4.69) is 44.3 Å². The zero-order chi connectivity index (χ0) is 23.1. The first kappa shape index (κ1) is 21.3. The highest BCUT2D eigenvalue weighted by Gasteiger charge is 2.23. The lowest BCUT2D eigenvalue weighted by Crippen LogP contribution is -2.53. The molecule has 8 nitrogen and oxygen atoms in total. The number of hydrogen-bond donors (Lipinski definition) is 2. The molecule has 0 amide bonds. The number of benzene rings is 1. The van der Waals surface area contributed by atoms with E-state index >= 15 is 0 Å². The van der Waals surface area contributed by atoms with E-state index in [1.165, 1.54) is 6.07 Å². The third kappa shape index (κ3) is 4.11. The Hall–Kier alpha value is -3.59. The van der Waals surface area contributed by atoms with Gasteiger partial charge in [0, 0.05) is 56.1 Å². The number of nitrogens with one attached hydrogen (secondary N) is 1. The highest BCUT2D eigenvalue weighted by molar-refractivity contribution is 5.85. The molecule has 1 saturated heterocycles. The average Bonchev–Trinajstić information content (AvgIpc) is 3.20. The zero-order valence-electron chi connectivity index (χ0n) is 18.8. The summed E-state index contributed by atoms with van der Waals surface area (Å²) in [6.45, 7) is 7.06. The predicted molar refractivity (Wildman–Crippen MR) is 125 cm³/mol. The van der Waals surface area contributed by atoms with E-state index in [-0.39, 0.29) is 5.75 Å². The van der Waals surface area contributed by atoms with Crippen molar-refractivity contribution in [3.63, 3.8) is 0 Å². The summed E-state index contributed by atoms with van der Waals surface area (Å²) in [5.74, 6) is 0.887. The van der Waals surface area contributed by atoms with Crippen molar-refractivity contribution in [1.29, 1.82) is 0 Å². The van der Waals surface area contributed by atoms with Crippen LogP contribution in [0.3, 0.4) is 0 Å². The van der Waals surface area contributed by atoms with E-state index in [9.17, 15) is 9.50 Å². The van der Waals surface area contributed by atoms with Gasteiger partial charge in [0.05, 0.1) is 0 Å². The van der Waals surface area contributed by atoms with E-state index in [0.29, 0.717) is 45.4 Å². The number of pyridine rings is 1. The standard InChI is InChI=1S/C24H26FN7O/c1-14(2)20-13-32(7-6-26-20)22-5-4-19(28-29-22)24-21(33)10-16(11-27-24)15-8-17-12-31(3)30-23(17)18(25)9-15/h4-5,8-12,14,20,26,33H,6-7,13H2,1-3H3. The van der Waals surface area contributed by atoms with E-state index in [1.54, 1.807) is 30.2 Å². The lowest BCUT2D eigenvalue weighted by Gasteiger charge is -2.36. The number of anilines is 1. The maximum absolute atomic E-state index is 14.5. The number of fused-ring (bicyclic) bond motifs is 1. The van der Waals surface area contributed by atoms with Crippen LogP contribution in [0.4, 0.5) is 10.2 Å². The SMILES string of the molecule is CC(C)C1CN(c2ccc(-c3ncc(-c4cc(F)c5nn(C)cc5c4)cc3O)nn2)CCN1. The van der Waals surface area contributed by atoms with E-state index in [0.717, 1.165) is 25.5 Å². The van der Waals surface area contributed by atoms with Gasteiger partial charge in [0.1, 0.15) is 22.7 Å². The second kappa shape index (κ2) is 8.40. The van der Waals surface area contributed by atoms with Gasteiger partial charge in [-0.25, -0.2) is 9.37 Å². The van der Waals surface area contributed by atoms with Gasteiger partial charge in [-0.2, -0.15) is 5.10 Å². The summed E-state index contributed by atoms with van der Waals surface area (Å²) >= 11 is 0. The van der Waals surface area contributed by atoms with Crippen LogP contribution >= 0.6 is 0 Å². The molecule has 1 atom stereocenters. The molecule has 4 heterocycles. The van der Waals surface area contributed by atoms with Crippen LogP contribution < -0.4 is 10.2 Å². The minimum absolute atomic E-state index is 0.0386. The fraction of sp³-hybridized carbons (Fsp3) is 0.333. The topological polar surface area (TPSA) is 92.0 Å². The lowest BCUT2D eigenvalue weighted by atomic mass is 10.0. The number of rotatable bonds is 4. The summed E-state index contributed by atoms with van der Waals surface area (Å²) in [5, 5.41) is 27.7. The van der Waals surface area contributed by atoms with E-state index in [1.807, 2.05) is 18.2 Å². The monoisotopic (exact) mass is 447 g/mol. The Kier molecular flexibility index (Phi) is 5.41. The average molecular weight is 448 g/mol. The van der Waals surface area contributed by atoms with Crippen LogP contribution in [0.1, 0.15) is 13.8 Å². The maximum Gasteiger partial charge on any atom is 0.151 e. The summed E-state index contributed by atoms with van der Waals surface area (Å²) in [6, 6.07) is 8.93.